The maximum atomic E-state index is 4.57. The molecule has 1 aliphatic rings. The van der Waals surface area contributed by atoms with Crippen molar-refractivity contribution in [1.82, 2.24) is 19.6 Å². The summed E-state index contributed by atoms with van der Waals surface area (Å²) in [5, 5.41) is 8.82. The molecule has 3 aromatic rings. The Kier molecular flexibility index (Phi) is 2.10. The summed E-state index contributed by atoms with van der Waals surface area (Å²) in [6.45, 7) is 0. The third kappa shape index (κ3) is 1.74. The van der Waals surface area contributed by atoms with Gasteiger partial charge in [0, 0.05) is 24.0 Å². The minimum atomic E-state index is 0.624. The monoisotopic (exact) mass is 257 g/mol. The number of nitrogens with zero attached hydrogens (tertiary/aromatic N) is 4. The van der Waals surface area contributed by atoms with E-state index in [4.69, 9.17) is 0 Å². The van der Waals surface area contributed by atoms with E-state index < -0.39 is 0 Å². The molecular formula is C12H11N5S. The van der Waals surface area contributed by atoms with Gasteiger partial charge in [0.2, 0.25) is 10.1 Å². The lowest BCUT2D eigenvalue weighted by Gasteiger charge is -1.95. The predicted octanol–water partition coefficient (Wildman–Crippen LogP) is 2.43. The van der Waals surface area contributed by atoms with Crippen LogP contribution in [-0.4, -0.2) is 25.6 Å². The highest BCUT2D eigenvalue weighted by Gasteiger charge is 2.22. The Labute approximate surface area is 108 Å². The van der Waals surface area contributed by atoms with Gasteiger partial charge in [0.25, 0.3) is 0 Å². The Hall–Kier alpha value is -1.95. The van der Waals surface area contributed by atoms with Gasteiger partial charge in [-0.05, 0) is 25.0 Å². The molecule has 0 spiro atoms. The highest BCUT2D eigenvalue weighted by molar-refractivity contribution is 7.20. The number of pyridine rings is 1. The van der Waals surface area contributed by atoms with E-state index in [1.54, 1.807) is 17.5 Å². The highest BCUT2D eigenvalue weighted by Crippen LogP contribution is 2.28. The van der Waals surface area contributed by atoms with Crippen molar-refractivity contribution in [3.8, 4) is 11.3 Å². The first-order chi connectivity index (χ1) is 8.88. The second kappa shape index (κ2) is 3.78. The first kappa shape index (κ1) is 10.0. The van der Waals surface area contributed by atoms with Crippen LogP contribution in [0.5, 0.6) is 0 Å². The number of rotatable bonds is 3. The number of imidazole rings is 1. The fraction of sp³-hybridized carbons (Fsp3) is 0.250. The van der Waals surface area contributed by atoms with E-state index in [9.17, 15) is 0 Å². The van der Waals surface area contributed by atoms with Crippen molar-refractivity contribution in [2.24, 2.45) is 0 Å². The molecule has 5 nitrogen and oxygen atoms in total. The van der Waals surface area contributed by atoms with Crippen LogP contribution in [0.3, 0.4) is 0 Å². The second-order valence-electron chi connectivity index (χ2n) is 4.42. The van der Waals surface area contributed by atoms with Crippen molar-refractivity contribution in [3.05, 3.63) is 30.7 Å². The summed E-state index contributed by atoms with van der Waals surface area (Å²) in [6, 6.07) is 4.54. The summed E-state index contributed by atoms with van der Waals surface area (Å²) >= 11 is 1.59. The fourth-order valence-corrected chi connectivity index (χ4v) is 2.67. The van der Waals surface area contributed by atoms with Crippen molar-refractivity contribution in [2.45, 2.75) is 18.9 Å². The van der Waals surface area contributed by atoms with Crippen molar-refractivity contribution in [3.63, 3.8) is 0 Å². The van der Waals surface area contributed by atoms with E-state index >= 15 is 0 Å². The minimum absolute atomic E-state index is 0.624. The van der Waals surface area contributed by atoms with Crippen LogP contribution in [-0.2, 0) is 0 Å². The van der Waals surface area contributed by atoms with Crippen LogP contribution in [0.15, 0.2) is 30.7 Å². The first-order valence-electron chi connectivity index (χ1n) is 5.92. The zero-order chi connectivity index (χ0) is 11.9. The zero-order valence-corrected chi connectivity index (χ0v) is 10.4. The van der Waals surface area contributed by atoms with Gasteiger partial charge in [-0.25, -0.2) is 9.50 Å². The Morgan fingerprint density at radius 2 is 2.33 bits per heavy atom. The average Bonchev–Trinajstić information content (AvgIpc) is 2.98. The lowest BCUT2D eigenvalue weighted by Crippen LogP contribution is -2.00. The smallest absolute Gasteiger partial charge is 0.214 e. The predicted molar refractivity (Wildman–Crippen MR) is 70.7 cm³/mol. The Balaban J connectivity index is 1.70. The van der Waals surface area contributed by atoms with E-state index in [2.05, 4.69) is 20.4 Å². The molecule has 0 aromatic carbocycles. The molecule has 0 unspecified atom stereocenters. The molecule has 1 fully saturated rings. The van der Waals surface area contributed by atoms with Gasteiger partial charge in [-0.15, -0.1) is 5.10 Å². The summed E-state index contributed by atoms with van der Waals surface area (Å²) < 4.78 is 1.83. The maximum Gasteiger partial charge on any atom is 0.214 e. The number of fused-ring (bicyclic) bond motifs is 1. The molecule has 1 saturated carbocycles. The van der Waals surface area contributed by atoms with Crippen molar-refractivity contribution >= 4 is 21.4 Å². The van der Waals surface area contributed by atoms with Crippen molar-refractivity contribution in [1.29, 1.82) is 0 Å². The molecule has 0 aliphatic heterocycles. The van der Waals surface area contributed by atoms with E-state index in [1.165, 1.54) is 12.8 Å². The summed E-state index contributed by atoms with van der Waals surface area (Å²) in [4.78, 5) is 9.59. The standard InChI is InChI=1S/C12H11N5S/c1-2-8(6-13-5-1)10-7-17-12(15-10)18-11(16-17)14-9-3-4-9/h1-2,5-7,9H,3-4H2,(H,14,16). The van der Waals surface area contributed by atoms with E-state index in [-0.39, 0.29) is 0 Å². The number of hydrogen-bond donors (Lipinski definition) is 1. The van der Waals surface area contributed by atoms with Gasteiger partial charge in [-0.1, -0.05) is 11.3 Å². The Morgan fingerprint density at radius 1 is 1.39 bits per heavy atom. The molecule has 0 amide bonds. The van der Waals surface area contributed by atoms with Crippen LogP contribution in [0.4, 0.5) is 5.13 Å². The highest BCUT2D eigenvalue weighted by atomic mass is 32.1. The van der Waals surface area contributed by atoms with Crippen molar-refractivity contribution < 1.29 is 0 Å². The summed E-state index contributed by atoms with van der Waals surface area (Å²) in [5.74, 6) is 0. The molecule has 3 heterocycles. The molecule has 0 atom stereocenters. The van der Waals surface area contributed by atoms with Gasteiger partial charge in [0.15, 0.2) is 0 Å². The van der Waals surface area contributed by atoms with Gasteiger partial charge < -0.3 is 5.32 Å². The summed E-state index contributed by atoms with van der Waals surface area (Å²) in [5.41, 5.74) is 1.94. The number of hydrogen-bond acceptors (Lipinski definition) is 5. The zero-order valence-electron chi connectivity index (χ0n) is 9.58. The molecule has 3 aromatic heterocycles. The first-order valence-corrected chi connectivity index (χ1v) is 6.73. The quantitative estimate of drug-likeness (QED) is 0.783. The molecule has 0 radical (unpaired) electrons. The van der Waals surface area contributed by atoms with Crippen LogP contribution in [0.2, 0.25) is 0 Å². The third-order valence-electron chi connectivity index (χ3n) is 2.91. The van der Waals surface area contributed by atoms with E-state index in [0.717, 1.165) is 21.3 Å². The molecule has 1 aliphatic carbocycles. The molecule has 0 bridgehead atoms. The van der Waals surface area contributed by atoms with Gasteiger partial charge in [0.1, 0.15) is 0 Å². The number of aromatic nitrogens is 4. The van der Waals surface area contributed by atoms with Crippen molar-refractivity contribution in [2.75, 3.05) is 5.32 Å². The third-order valence-corrected chi connectivity index (χ3v) is 3.76. The van der Waals surface area contributed by atoms with E-state index in [0.29, 0.717) is 6.04 Å². The van der Waals surface area contributed by atoms with Gasteiger partial charge in [0.05, 0.1) is 11.9 Å². The van der Waals surface area contributed by atoms with E-state index in [1.807, 2.05) is 29.0 Å². The Morgan fingerprint density at radius 3 is 3.06 bits per heavy atom. The topological polar surface area (TPSA) is 55.1 Å². The maximum absolute atomic E-state index is 4.57. The largest absolute Gasteiger partial charge is 0.357 e. The second-order valence-corrected chi connectivity index (χ2v) is 5.38. The van der Waals surface area contributed by atoms with Crippen LogP contribution < -0.4 is 5.32 Å². The van der Waals surface area contributed by atoms with Crippen LogP contribution in [0.25, 0.3) is 16.2 Å². The average molecular weight is 257 g/mol. The molecule has 1 N–H and O–H groups in total. The Bertz CT molecular complexity index is 651. The molecule has 0 saturated heterocycles. The molecule has 18 heavy (non-hydrogen) atoms. The lowest BCUT2D eigenvalue weighted by molar-refractivity contribution is 0.961. The molecule has 6 heteroatoms. The lowest BCUT2D eigenvalue weighted by atomic mass is 10.2. The van der Waals surface area contributed by atoms with Gasteiger partial charge >= 0.3 is 0 Å². The van der Waals surface area contributed by atoms with Gasteiger partial charge in [-0.3, -0.25) is 4.98 Å². The normalized spacial score (nSPS) is 15.1. The fourth-order valence-electron chi connectivity index (χ4n) is 1.81. The summed E-state index contributed by atoms with van der Waals surface area (Å²) in [6.07, 6.45) is 8.03. The summed E-state index contributed by atoms with van der Waals surface area (Å²) in [7, 11) is 0. The molecule has 4 rings (SSSR count). The van der Waals surface area contributed by atoms with Crippen LogP contribution in [0.1, 0.15) is 12.8 Å². The number of anilines is 1. The van der Waals surface area contributed by atoms with Gasteiger partial charge in [-0.2, -0.15) is 0 Å². The number of nitrogens with one attached hydrogen (secondary N) is 1. The minimum Gasteiger partial charge on any atom is -0.357 e. The molecular weight excluding hydrogens is 246 g/mol. The molecule has 90 valence electrons. The van der Waals surface area contributed by atoms with Crippen LogP contribution >= 0.6 is 11.3 Å². The SMILES string of the molecule is c1cncc(-c2cn3nc(NC4CC4)sc3n2)c1. The van der Waals surface area contributed by atoms with Crippen LogP contribution in [0, 0.1) is 0 Å².